The van der Waals surface area contributed by atoms with E-state index in [2.05, 4.69) is 9.84 Å². The van der Waals surface area contributed by atoms with Crippen LogP contribution in [-0.4, -0.2) is 22.1 Å². The smallest absolute Gasteiger partial charge is 0.406 e. The van der Waals surface area contributed by atoms with Crippen LogP contribution in [0.15, 0.2) is 36.5 Å². The SMILES string of the molecule is CC(C#N)(Cn1cc2cc(Cl)cc(Cl)c2n1)c1cc(OC(F)(F)F)ccc1C(N)=O. The first-order chi connectivity index (χ1) is 13.9. The highest BCUT2D eigenvalue weighted by atomic mass is 35.5. The van der Waals surface area contributed by atoms with Gasteiger partial charge in [-0.25, -0.2) is 0 Å². The highest BCUT2D eigenvalue weighted by Gasteiger charge is 2.35. The summed E-state index contributed by atoms with van der Waals surface area (Å²) < 4.78 is 43.2. The minimum Gasteiger partial charge on any atom is -0.406 e. The topological polar surface area (TPSA) is 93.9 Å². The van der Waals surface area contributed by atoms with E-state index in [9.17, 15) is 23.2 Å². The van der Waals surface area contributed by atoms with Crippen molar-refractivity contribution >= 4 is 40.0 Å². The molecule has 3 rings (SSSR count). The van der Waals surface area contributed by atoms with Crippen molar-refractivity contribution in [2.75, 3.05) is 0 Å². The van der Waals surface area contributed by atoms with E-state index >= 15 is 0 Å². The minimum absolute atomic E-state index is 0.0251. The van der Waals surface area contributed by atoms with E-state index in [-0.39, 0.29) is 17.7 Å². The molecule has 0 aliphatic heterocycles. The molecule has 1 unspecified atom stereocenters. The fraction of sp³-hybridized carbons (Fsp3) is 0.211. The summed E-state index contributed by atoms with van der Waals surface area (Å²) in [5, 5.41) is 15.5. The molecule has 0 saturated heterocycles. The summed E-state index contributed by atoms with van der Waals surface area (Å²) in [5.41, 5.74) is 4.20. The molecule has 0 fully saturated rings. The maximum absolute atomic E-state index is 12.6. The summed E-state index contributed by atoms with van der Waals surface area (Å²) >= 11 is 12.1. The van der Waals surface area contributed by atoms with E-state index in [1.165, 1.54) is 17.7 Å². The first kappa shape index (κ1) is 21.7. The Hall–Kier alpha value is -2.96. The number of fused-ring (bicyclic) bond motifs is 1. The zero-order valence-electron chi connectivity index (χ0n) is 15.3. The number of amides is 1. The van der Waals surface area contributed by atoms with Gasteiger partial charge in [0.1, 0.15) is 11.3 Å². The average molecular weight is 457 g/mol. The highest BCUT2D eigenvalue weighted by molar-refractivity contribution is 6.38. The van der Waals surface area contributed by atoms with Gasteiger partial charge in [0.2, 0.25) is 5.91 Å². The molecule has 2 aromatic carbocycles. The van der Waals surface area contributed by atoms with Gasteiger partial charge in [-0.15, -0.1) is 13.2 Å². The summed E-state index contributed by atoms with van der Waals surface area (Å²) in [6.45, 7) is 1.34. The van der Waals surface area contributed by atoms with Crippen LogP contribution in [0.4, 0.5) is 13.2 Å². The number of alkyl halides is 3. The van der Waals surface area contributed by atoms with Crippen LogP contribution in [0.5, 0.6) is 5.75 Å². The van der Waals surface area contributed by atoms with Crippen LogP contribution in [-0.2, 0) is 12.0 Å². The number of carbonyl (C=O) groups excluding carboxylic acids is 1. The Morgan fingerprint density at radius 1 is 1.30 bits per heavy atom. The number of benzene rings is 2. The first-order valence-corrected chi connectivity index (χ1v) is 9.11. The number of hydrogen-bond donors (Lipinski definition) is 1. The first-order valence-electron chi connectivity index (χ1n) is 8.35. The van der Waals surface area contributed by atoms with Crippen LogP contribution in [0.1, 0.15) is 22.8 Å². The van der Waals surface area contributed by atoms with Gasteiger partial charge in [0.25, 0.3) is 0 Å². The Bertz CT molecular complexity index is 1190. The molecular formula is C19H13Cl2F3N4O2. The minimum atomic E-state index is -4.94. The predicted molar refractivity (Wildman–Crippen MR) is 104 cm³/mol. The Morgan fingerprint density at radius 2 is 2.00 bits per heavy atom. The number of aromatic nitrogens is 2. The van der Waals surface area contributed by atoms with Crippen molar-refractivity contribution in [3.05, 3.63) is 57.7 Å². The number of carbonyl (C=O) groups is 1. The number of nitrogens with zero attached hydrogens (tertiary/aromatic N) is 3. The summed E-state index contributed by atoms with van der Waals surface area (Å²) in [5.74, 6) is -1.48. The number of primary amides is 1. The van der Waals surface area contributed by atoms with Gasteiger partial charge in [-0.3, -0.25) is 9.48 Å². The maximum atomic E-state index is 12.6. The normalized spacial score (nSPS) is 13.6. The molecule has 30 heavy (non-hydrogen) atoms. The number of hydrogen-bond acceptors (Lipinski definition) is 4. The number of rotatable bonds is 5. The van der Waals surface area contributed by atoms with Crippen LogP contribution in [0.2, 0.25) is 10.0 Å². The van der Waals surface area contributed by atoms with Gasteiger partial charge >= 0.3 is 6.36 Å². The van der Waals surface area contributed by atoms with Gasteiger partial charge in [-0.05, 0) is 42.8 Å². The molecule has 2 N–H and O–H groups in total. The second-order valence-corrected chi connectivity index (χ2v) is 7.56. The van der Waals surface area contributed by atoms with Gasteiger partial charge in [-0.2, -0.15) is 10.4 Å². The zero-order chi connectivity index (χ0) is 22.3. The molecule has 1 heterocycles. The molecular weight excluding hydrogens is 444 g/mol. The van der Waals surface area contributed by atoms with E-state index in [0.717, 1.165) is 18.2 Å². The third kappa shape index (κ3) is 4.45. The van der Waals surface area contributed by atoms with Crippen LogP contribution < -0.4 is 10.5 Å². The predicted octanol–water partition coefficient (Wildman–Crippen LogP) is 4.82. The average Bonchev–Trinajstić information content (AvgIpc) is 3.02. The van der Waals surface area contributed by atoms with Crippen LogP contribution in [0.25, 0.3) is 10.9 Å². The lowest BCUT2D eigenvalue weighted by molar-refractivity contribution is -0.274. The molecule has 0 spiro atoms. The van der Waals surface area contributed by atoms with Gasteiger partial charge in [-0.1, -0.05) is 23.2 Å². The third-order valence-electron chi connectivity index (χ3n) is 4.38. The lowest BCUT2D eigenvalue weighted by Crippen LogP contribution is -2.30. The lowest BCUT2D eigenvalue weighted by atomic mass is 9.80. The van der Waals surface area contributed by atoms with E-state index in [1.54, 1.807) is 12.3 Å². The Morgan fingerprint density at radius 3 is 2.60 bits per heavy atom. The second-order valence-electron chi connectivity index (χ2n) is 6.72. The summed E-state index contributed by atoms with van der Waals surface area (Å²) in [6, 6.07) is 8.19. The van der Waals surface area contributed by atoms with Gasteiger partial charge in [0, 0.05) is 22.2 Å². The monoisotopic (exact) mass is 456 g/mol. The van der Waals surface area contributed by atoms with Crippen molar-refractivity contribution in [2.45, 2.75) is 25.2 Å². The molecule has 0 radical (unpaired) electrons. The number of nitrogens with two attached hydrogens (primary N) is 1. The molecule has 1 atom stereocenters. The van der Waals surface area contributed by atoms with E-state index in [0.29, 0.717) is 20.9 Å². The highest BCUT2D eigenvalue weighted by Crippen LogP contribution is 2.34. The molecule has 1 amide bonds. The molecule has 156 valence electrons. The third-order valence-corrected chi connectivity index (χ3v) is 4.89. The van der Waals surface area contributed by atoms with Crippen molar-refractivity contribution in [3.8, 4) is 11.8 Å². The zero-order valence-corrected chi connectivity index (χ0v) is 16.8. The summed E-state index contributed by atoms with van der Waals surface area (Å²) in [4.78, 5) is 11.9. The summed E-state index contributed by atoms with van der Waals surface area (Å²) in [7, 11) is 0. The molecule has 11 heteroatoms. The van der Waals surface area contributed by atoms with Crippen molar-refractivity contribution in [2.24, 2.45) is 5.73 Å². The second kappa shape index (κ2) is 7.70. The number of ether oxygens (including phenoxy) is 1. The lowest BCUT2D eigenvalue weighted by Gasteiger charge is -2.25. The van der Waals surface area contributed by atoms with Crippen molar-refractivity contribution < 1.29 is 22.7 Å². The van der Waals surface area contributed by atoms with Crippen LogP contribution >= 0.6 is 23.2 Å². The quantitative estimate of drug-likeness (QED) is 0.595. The van der Waals surface area contributed by atoms with Crippen molar-refractivity contribution in [1.82, 2.24) is 9.78 Å². The van der Waals surface area contributed by atoms with Gasteiger partial charge < -0.3 is 10.5 Å². The molecule has 0 aliphatic rings. The van der Waals surface area contributed by atoms with E-state index < -0.39 is 23.4 Å². The molecule has 0 saturated carbocycles. The molecule has 1 aromatic heterocycles. The fourth-order valence-electron chi connectivity index (χ4n) is 3.09. The van der Waals surface area contributed by atoms with Gasteiger partial charge in [0.15, 0.2) is 0 Å². The fourth-order valence-corrected chi connectivity index (χ4v) is 3.63. The Balaban J connectivity index is 2.09. The standard InChI is InChI=1S/C19H13Cl2F3N4O2/c1-18(8-25,9-28-7-10-4-11(20)5-15(21)16(10)27-28)14-6-12(30-19(22,23)24)2-3-13(14)17(26)29/h2-7H,9H2,1H3,(H2,26,29). The van der Waals surface area contributed by atoms with Crippen molar-refractivity contribution in [1.29, 1.82) is 5.26 Å². The van der Waals surface area contributed by atoms with Gasteiger partial charge in [0.05, 0.1) is 23.1 Å². The van der Waals surface area contributed by atoms with Crippen molar-refractivity contribution in [3.63, 3.8) is 0 Å². The Labute approximate surface area is 178 Å². The van der Waals surface area contributed by atoms with E-state index in [1.807, 2.05) is 6.07 Å². The number of halogens is 5. The summed E-state index contributed by atoms with van der Waals surface area (Å²) in [6.07, 6.45) is -3.35. The van der Waals surface area contributed by atoms with E-state index in [4.69, 9.17) is 28.9 Å². The molecule has 6 nitrogen and oxygen atoms in total. The molecule has 3 aromatic rings. The Kier molecular flexibility index (Phi) is 5.58. The maximum Gasteiger partial charge on any atom is 0.573 e. The van der Waals surface area contributed by atoms with Crippen LogP contribution in [0.3, 0.4) is 0 Å². The molecule has 0 aliphatic carbocycles. The van der Waals surface area contributed by atoms with Crippen LogP contribution in [0, 0.1) is 11.3 Å². The molecule has 0 bridgehead atoms. The largest absolute Gasteiger partial charge is 0.573 e. The number of nitriles is 1.